The first-order valence-electron chi connectivity index (χ1n) is 13.7. The summed E-state index contributed by atoms with van der Waals surface area (Å²) in [7, 11) is 1.59. The number of amides is 1. The van der Waals surface area contributed by atoms with Gasteiger partial charge < -0.3 is 14.4 Å². The summed E-state index contributed by atoms with van der Waals surface area (Å²) in [6.07, 6.45) is 3.83. The van der Waals surface area contributed by atoms with Gasteiger partial charge in [-0.2, -0.15) is 0 Å². The SMILES string of the molecule is COc1ccc2c(c1)C13C4C5CCC1(O[C@@H]4CN5C(=O)c1ccccc1)C(C2)N(CC1CC1)CC3(F)F. The largest absolute Gasteiger partial charge is 0.497 e. The minimum absolute atomic E-state index is 0.0709. The van der Waals surface area contributed by atoms with Crippen molar-refractivity contribution in [3.8, 4) is 5.75 Å². The van der Waals surface area contributed by atoms with Crippen LogP contribution in [0, 0.1) is 11.8 Å². The maximum Gasteiger partial charge on any atom is 0.273 e. The number of nitrogens with zero attached hydrogens (tertiary/aromatic N) is 2. The lowest BCUT2D eigenvalue weighted by Crippen LogP contribution is -2.81. The first-order valence-corrected chi connectivity index (χ1v) is 13.7. The molecule has 3 aliphatic heterocycles. The molecule has 0 N–H and O–H groups in total. The van der Waals surface area contributed by atoms with Crippen molar-refractivity contribution >= 4 is 5.91 Å². The molecule has 6 aliphatic rings. The molecule has 7 heteroatoms. The van der Waals surface area contributed by atoms with Crippen molar-refractivity contribution in [1.82, 2.24) is 9.80 Å². The van der Waals surface area contributed by atoms with Gasteiger partial charge in [0, 0.05) is 36.7 Å². The molecule has 194 valence electrons. The van der Waals surface area contributed by atoms with E-state index in [0.717, 1.165) is 31.4 Å². The van der Waals surface area contributed by atoms with E-state index in [-0.39, 0.29) is 24.5 Å². The van der Waals surface area contributed by atoms with E-state index in [1.54, 1.807) is 7.11 Å². The first-order chi connectivity index (χ1) is 17.9. The van der Waals surface area contributed by atoms with Crippen LogP contribution < -0.4 is 4.74 Å². The van der Waals surface area contributed by atoms with Crippen molar-refractivity contribution in [2.45, 2.75) is 67.2 Å². The van der Waals surface area contributed by atoms with Crippen LogP contribution in [-0.2, 0) is 16.6 Å². The van der Waals surface area contributed by atoms with Crippen molar-refractivity contribution < 1.29 is 23.0 Å². The van der Waals surface area contributed by atoms with Gasteiger partial charge in [0.25, 0.3) is 11.8 Å². The second-order valence-electron chi connectivity index (χ2n) is 12.1. The molecule has 37 heavy (non-hydrogen) atoms. The standard InChI is InChI=1S/C30H32F2N2O3/c1-36-21-10-9-20-13-25-28-12-11-23-26(24(37-28)16-34(23)27(35)19-5-3-2-4-6-19)30(28,22(20)14-21)29(31,32)17-33(25)15-18-7-8-18/h2-6,9-10,14,18,23-26H,7-8,11-13,15-17H2,1H3/t23?,24-,25?,26?,28?,30?/m1/s1. The Balaban J connectivity index is 1.31. The Hall–Kier alpha value is -2.51. The molecule has 2 aromatic carbocycles. The van der Waals surface area contributed by atoms with E-state index in [9.17, 15) is 4.79 Å². The van der Waals surface area contributed by atoms with Gasteiger partial charge in [0.15, 0.2) is 0 Å². The van der Waals surface area contributed by atoms with Crippen LogP contribution in [-0.4, -0.2) is 72.2 Å². The molecule has 2 saturated carbocycles. The van der Waals surface area contributed by atoms with Gasteiger partial charge in [-0.3, -0.25) is 9.69 Å². The van der Waals surface area contributed by atoms with E-state index >= 15 is 8.78 Å². The molecular weight excluding hydrogens is 474 g/mol. The molecular formula is C30H32F2N2O3. The maximum absolute atomic E-state index is 17.1. The summed E-state index contributed by atoms with van der Waals surface area (Å²) < 4.78 is 46.8. The summed E-state index contributed by atoms with van der Waals surface area (Å²) in [6, 6.07) is 14.6. The Morgan fingerprint density at radius 3 is 2.70 bits per heavy atom. The third kappa shape index (κ3) is 2.67. The summed E-state index contributed by atoms with van der Waals surface area (Å²) >= 11 is 0. The van der Waals surface area contributed by atoms with Crippen molar-refractivity contribution in [1.29, 1.82) is 0 Å². The zero-order valence-electron chi connectivity index (χ0n) is 21.0. The molecule has 8 rings (SSSR count). The molecule has 1 amide bonds. The highest BCUT2D eigenvalue weighted by atomic mass is 19.3. The molecule has 0 aromatic heterocycles. The quantitative estimate of drug-likeness (QED) is 0.621. The predicted octanol–water partition coefficient (Wildman–Crippen LogP) is 4.29. The first kappa shape index (κ1) is 22.5. The van der Waals surface area contributed by atoms with Crippen LogP contribution in [0.25, 0.3) is 0 Å². The maximum atomic E-state index is 17.1. The Bertz CT molecular complexity index is 1280. The highest BCUT2D eigenvalue weighted by molar-refractivity contribution is 5.94. The summed E-state index contributed by atoms with van der Waals surface area (Å²) in [5.74, 6) is -2.40. The number of carbonyl (C=O) groups excluding carboxylic acids is 1. The number of piperidine rings is 1. The van der Waals surface area contributed by atoms with Gasteiger partial charge in [0.2, 0.25) is 0 Å². The summed E-state index contributed by atoms with van der Waals surface area (Å²) in [5, 5.41) is 0. The average molecular weight is 507 g/mol. The fourth-order valence-electron chi connectivity index (χ4n) is 9.15. The third-order valence-corrected chi connectivity index (χ3v) is 10.5. The van der Waals surface area contributed by atoms with Crippen LogP contribution in [0.3, 0.4) is 0 Å². The Morgan fingerprint density at radius 2 is 1.95 bits per heavy atom. The molecule has 3 heterocycles. The second-order valence-corrected chi connectivity index (χ2v) is 12.1. The lowest BCUT2D eigenvalue weighted by Gasteiger charge is -2.66. The summed E-state index contributed by atoms with van der Waals surface area (Å²) in [6.45, 7) is 0.861. The van der Waals surface area contributed by atoms with Crippen molar-refractivity contribution in [3.63, 3.8) is 0 Å². The number of rotatable bonds is 4. The van der Waals surface area contributed by atoms with E-state index in [1.165, 1.54) is 0 Å². The van der Waals surface area contributed by atoms with E-state index in [1.807, 2.05) is 53.4 Å². The lowest BCUT2D eigenvalue weighted by atomic mass is 9.45. The van der Waals surface area contributed by atoms with E-state index < -0.39 is 29.0 Å². The number of ether oxygens (including phenoxy) is 2. The summed E-state index contributed by atoms with van der Waals surface area (Å²) in [4.78, 5) is 17.6. The fourth-order valence-corrected chi connectivity index (χ4v) is 9.15. The second kappa shape index (κ2) is 7.32. The Morgan fingerprint density at radius 1 is 1.14 bits per heavy atom. The van der Waals surface area contributed by atoms with Crippen LogP contribution in [0.4, 0.5) is 8.78 Å². The fraction of sp³-hybridized carbons (Fsp3) is 0.567. The monoisotopic (exact) mass is 506 g/mol. The van der Waals surface area contributed by atoms with Gasteiger partial charge in [-0.1, -0.05) is 24.3 Å². The number of benzene rings is 2. The van der Waals surface area contributed by atoms with E-state index in [0.29, 0.717) is 42.2 Å². The normalized spacial score (nSPS) is 38.7. The third-order valence-electron chi connectivity index (χ3n) is 10.5. The molecule has 5 unspecified atom stereocenters. The number of carbonyl (C=O) groups is 1. The Kier molecular flexibility index (Phi) is 4.45. The number of halogens is 2. The molecule has 5 fully saturated rings. The number of hydrogen-bond acceptors (Lipinski definition) is 4. The average Bonchev–Trinajstić information content (AvgIpc) is 3.59. The summed E-state index contributed by atoms with van der Waals surface area (Å²) in [5.41, 5.74) is -0.126. The zero-order chi connectivity index (χ0) is 25.2. The number of alkyl halides is 2. The van der Waals surface area contributed by atoms with Crippen LogP contribution in [0.5, 0.6) is 5.75 Å². The molecule has 0 radical (unpaired) electrons. The highest BCUT2D eigenvalue weighted by Crippen LogP contribution is 2.73. The van der Waals surface area contributed by atoms with Crippen molar-refractivity contribution in [2.24, 2.45) is 11.8 Å². The number of likely N-dealkylation sites (tertiary alicyclic amines) is 2. The molecule has 4 bridgehead atoms. The predicted molar refractivity (Wildman–Crippen MR) is 133 cm³/mol. The molecule has 3 aliphatic carbocycles. The van der Waals surface area contributed by atoms with Crippen LogP contribution >= 0.6 is 0 Å². The van der Waals surface area contributed by atoms with Gasteiger partial charge in [0.1, 0.15) is 11.4 Å². The van der Waals surface area contributed by atoms with E-state index in [4.69, 9.17) is 9.47 Å². The minimum atomic E-state index is -3.00. The van der Waals surface area contributed by atoms with Crippen LogP contribution in [0.1, 0.15) is 47.2 Å². The molecule has 3 saturated heterocycles. The molecule has 2 aromatic rings. The van der Waals surface area contributed by atoms with Crippen molar-refractivity contribution in [2.75, 3.05) is 26.7 Å². The van der Waals surface area contributed by atoms with Gasteiger partial charge in [-0.25, -0.2) is 8.78 Å². The van der Waals surface area contributed by atoms with Crippen molar-refractivity contribution in [3.05, 3.63) is 65.2 Å². The number of hydrogen-bond donors (Lipinski definition) is 0. The molecule has 5 nitrogen and oxygen atoms in total. The molecule has 6 atom stereocenters. The Labute approximate surface area is 215 Å². The minimum Gasteiger partial charge on any atom is -0.497 e. The van der Waals surface area contributed by atoms with Crippen LogP contribution in [0.15, 0.2) is 48.5 Å². The zero-order valence-corrected chi connectivity index (χ0v) is 21.0. The van der Waals surface area contributed by atoms with Gasteiger partial charge in [0.05, 0.1) is 25.2 Å². The van der Waals surface area contributed by atoms with Gasteiger partial charge in [-0.15, -0.1) is 0 Å². The number of fused-ring (bicyclic) bond motifs is 1. The van der Waals surface area contributed by atoms with Crippen LogP contribution in [0.2, 0.25) is 0 Å². The lowest BCUT2D eigenvalue weighted by molar-refractivity contribution is -0.259. The highest BCUT2D eigenvalue weighted by Gasteiger charge is 2.86. The number of methoxy groups -OCH3 is 1. The van der Waals surface area contributed by atoms with Gasteiger partial charge >= 0.3 is 0 Å². The molecule has 0 spiro atoms. The van der Waals surface area contributed by atoms with Gasteiger partial charge in [-0.05, 0) is 73.4 Å². The van der Waals surface area contributed by atoms with E-state index in [2.05, 4.69) is 4.90 Å². The smallest absolute Gasteiger partial charge is 0.273 e. The topological polar surface area (TPSA) is 42.0 Å².